The number of aromatic nitrogens is 28. The molecule has 124 heavy (non-hydrogen) atoms. The maximum atomic E-state index is 13.3. The van der Waals surface area contributed by atoms with Crippen LogP contribution in [-0.2, 0) is 19.6 Å². The van der Waals surface area contributed by atoms with Gasteiger partial charge in [-0.15, -0.1) is 0 Å². The van der Waals surface area contributed by atoms with Crippen LogP contribution in [-0.4, -0.2) is 235 Å². The summed E-state index contributed by atoms with van der Waals surface area (Å²) >= 11 is 0. The molecule has 8 N–H and O–H groups in total. The first kappa shape index (κ1) is 85.2. The maximum Gasteiger partial charge on any atom is 0.410 e. The average molecular weight is 1700 g/mol. The second-order valence-corrected chi connectivity index (χ2v) is 32.4. The molecule has 16 heterocycles. The fraction of sp³-hybridized carbons (Fsp3) is 0.435. The normalized spacial score (nSPS) is 18.6. The van der Waals surface area contributed by atoms with Gasteiger partial charge in [-0.1, -0.05) is 66.2 Å². The van der Waals surface area contributed by atoms with Gasteiger partial charge in [0.05, 0.1) is 262 Å². The zero-order chi connectivity index (χ0) is 86.3. The van der Waals surface area contributed by atoms with Crippen molar-refractivity contribution in [2.24, 2.45) is 17.8 Å². The second-order valence-electron chi connectivity index (χ2n) is 32.4. The molecular formula is C85H101F3N28O8. The minimum Gasteiger partial charge on any atom is -0.394 e. The Kier molecular flexibility index (Phi) is 26.0. The molecule has 3 fully saturated rings. The number of halogens is 3. The minimum absolute atomic E-state index is 0.107. The van der Waals surface area contributed by atoms with Crippen LogP contribution >= 0.6 is 0 Å². The molecule has 0 aliphatic heterocycles. The Bertz CT molecular complexity index is 6010. The highest BCUT2D eigenvalue weighted by atomic mass is 19.4. The molecular weight excluding hydrogens is 1600 g/mol. The molecule has 0 radical (unpaired) electrons. The van der Waals surface area contributed by atoms with E-state index in [0.29, 0.717) is 69.6 Å². The number of fused-ring (bicyclic) bond motifs is 4. The van der Waals surface area contributed by atoms with Crippen LogP contribution in [0, 0.1) is 17.8 Å². The molecule has 19 rings (SSSR count). The van der Waals surface area contributed by atoms with Crippen molar-refractivity contribution in [3.05, 3.63) is 173 Å². The fourth-order valence-corrected chi connectivity index (χ4v) is 16.8. The summed E-state index contributed by atoms with van der Waals surface area (Å²) in [5.41, 5.74) is 15.3. The van der Waals surface area contributed by atoms with E-state index in [0.717, 1.165) is 102 Å². The Balaban J connectivity index is 0.000000122. The van der Waals surface area contributed by atoms with Crippen LogP contribution in [0.5, 0.6) is 0 Å². The van der Waals surface area contributed by atoms with Gasteiger partial charge in [-0.3, -0.25) is 37.5 Å². The second kappa shape index (κ2) is 37.8. The van der Waals surface area contributed by atoms with Crippen molar-refractivity contribution in [1.82, 2.24) is 137 Å². The standard InChI is InChI=1S/3C22H27N7O2.C19H20F3N7O2/c1-15-4-2-3-5-20(15)28-11-17(9-25-28)22-21-6-7-23-29(21)12-19(26-22)16-8-24-27(10-16)18(13-30)14-31;2*1-15-4-2-3-5-20(15)28-11-17(9-25-28)22-21-6-7-23-29(21)13-19(26-22)16-8-24-27(10-16)12-18(31)14-30;1-2-17(19(20,21)22)29-8-13(6-25-29)18-16-3-4-23-28(16)10-15(26-18)12-5-24-27(7-12)9-14(31)11-30/h6-12,15,18,20,30-31H,2-5,13-14H2,1H3;2*6-11,13,15,18,20,30-31H,2-5,12,14H2,1H3;3-8,10,14,17,30-31H,2,9,11H2,1H3/t15-,20-;15-,18+,20-;15-,18-,20-;14-,17?/m1111/s1. The van der Waals surface area contributed by atoms with E-state index in [-0.39, 0.29) is 52.5 Å². The lowest BCUT2D eigenvalue weighted by Gasteiger charge is -2.28. The smallest absolute Gasteiger partial charge is 0.394 e. The van der Waals surface area contributed by atoms with Crippen LogP contribution in [0.4, 0.5) is 13.2 Å². The summed E-state index contributed by atoms with van der Waals surface area (Å²) in [6.07, 6.45) is 50.2. The summed E-state index contributed by atoms with van der Waals surface area (Å²) in [6.45, 7) is 7.56. The van der Waals surface area contributed by atoms with Crippen LogP contribution in [0.15, 0.2) is 173 Å². The SMILES string of the molecule is CCC(n1cc(-c2nc(-c3cnn(C[C@@H](O)CO)c3)cn3nccc23)cn1)C(F)(F)F.C[C@@H]1CCCC[C@H]1n1cc(-c2nc(-c3cnn(C(CO)CO)c3)cn3nccc23)cn1.C[C@@H]1CCCC[C@H]1n1cc(-c2nc(-c3cnn(C[C@@H](O)CO)c3)cn3nccc23)cn1.C[C@@H]1CCCC[C@H]1n1cc(-c2nc(-c3cnn(C[C@H](O)CO)c3)cn3nccc23)cn1. The molecule has 3 saturated carbocycles. The van der Waals surface area contributed by atoms with Crippen molar-refractivity contribution < 1.29 is 54.0 Å². The molecule has 0 spiro atoms. The van der Waals surface area contributed by atoms with E-state index < -0.39 is 43.2 Å². The van der Waals surface area contributed by atoms with Gasteiger partial charge < -0.3 is 40.9 Å². The number of hydrogen-bond acceptors (Lipinski definition) is 24. The Hall–Kier alpha value is -12.4. The molecule has 0 aromatic carbocycles. The van der Waals surface area contributed by atoms with E-state index in [1.165, 1.54) is 81.8 Å². The van der Waals surface area contributed by atoms with Gasteiger partial charge in [0.2, 0.25) is 0 Å². The van der Waals surface area contributed by atoms with Crippen molar-refractivity contribution in [3.8, 4) is 90.1 Å². The minimum atomic E-state index is -4.41. The van der Waals surface area contributed by atoms with E-state index in [1.807, 2.05) is 81.3 Å². The van der Waals surface area contributed by atoms with Crippen LogP contribution in [0.25, 0.3) is 112 Å². The van der Waals surface area contributed by atoms with Crippen molar-refractivity contribution in [3.63, 3.8) is 0 Å². The van der Waals surface area contributed by atoms with Crippen molar-refractivity contribution in [2.45, 2.75) is 185 Å². The predicted octanol–water partition coefficient (Wildman–Crippen LogP) is 10.2. The molecule has 36 nitrogen and oxygen atoms in total. The van der Waals surface area contributed by atoms with Gasteiger partial charge in [0.25, 0.3) is 0 Å². The Morgan fingerprint density at radius 3 is 0.927 bits per heavy atom. The zero-order valence-corrected chi connectivity index (χ0v) is 69.1. The fourth-order valence-electron chi connectivity index (χ4n) is 16.8. The predicted molar refractivity (Wildman–Crippen MR) is 450 cm³/mol. The van der Waals surface area contributed by atoms with Gasteiger partial charge >= 0.3 is 6.18 Å². The van der Waals surface area contributed by atoms with Crippen molar-refractivity contribution in [2.75, 3.05) is 33.0 Å². The van der Waals surface area contributed by atoms with Crippen molar-refractivity contribution in [1.29, 1.82) is 0 Å². The maximum absolute atomic E-state index is 13.3. The molecule has 10 atom stereocenters. The molecule has 1 unspecified atom stereocenters. The van der Waals surface area contributed by atoms with Gasteiger partial charge in [0.1, 0.15) is 6.04 Å². The lowest BCUT2D eigenvalue weighted by Crippen LogP contribution is -2.26. The highest BCUT2D eigenvalue weighted by Gasteiger charge is 2.41. The molecule has 3 aliphatic carbocycles. The molecule has 16 aromatic rings. The molecule has 16 aromatic heterocycles. The highest BCUT2D eigenvalue weighted by Crippen LogP contribution is 2.41. The van der Waals surface area contributed by atoms with Crippen molar-refractivity contribution >= 4 is 22.1 Å². The third kappa shape index (κ3) is 18.8. The summed E-state index contributed by atoms with van der Waals surface area (Å²) in [5, 5.41) is 127. The van der Waals surface area contributed by atoms with Gasteiger partial charge in [0, 0.05) is 94.1 Å². The van der Waals surface area contributed by atoms with E-state index in [2.05, 4.69) is 120 Å². The first-order valence-corrected chi connectivity index (χ1v) is 42.1. The molecule has 3 aliphatic rings. The Morgan fingerprint density at radius 1 is 0.339 bits per heavy atom. The van der Waals surface area contributed by atoms with Crippen LogP contribution in [0.2, 0.25) is 0 Å². The van der Waals surface area contributed by atoms with Crippen LogP contribution < -0.4 is 0 Å². The largest absolute Gasteiger partial charge is 0.410 e. The molecule has 650 valence electrons. The first-order chi connectivity index (χ1) is 60.2. The Labute approximate surface area is 708 Å². The molecule has 0 amide bonds. The van der Waals surface area contributed by atoms with Gasteiger partial charge in [-0.25, -0.2) is 38.0 Å². The van der Waals surface area contributed by atoms with Gasteiger partial charge in [-0.2, -0.15) is 74.4 Å². The van der Waals surface area contributed by atoms with E-state index >= 15 is 0 Å². The summed E-state index contributed by atoms with van der Waals surface area (Å²) in [4.78, 5) is 19.4. The number of nitrogens with zero attached hydrogens (tertiary/aromatic N) is 28. The summed E-state index contributed by atoms with van der Waals surface area (Å²) in [6, 6.07) is 6.67. The van der Waals surface area contributed by atoms with E-state index in [4.69, 9.17) is 30.3 Å². The Morgan fingerprint density at radius 2 is 0.621 bits per heavy atom. The zero-order valence-electron chi connectivity index (χ0n) is 69.1. The molecule has 39 heteroatoms. The number of rotatable bonds is 25. The highest BCUT2D eigenvalue weighted by molar-refractivity contribution is 5.81. The summed E-state index contributed by atoms with van der Waals surface area (Å²) in [7, 11) is 0. The third-order valence-corrected chi connectivity index (χ3v) is 23.7. The topological polar surface area (TPSA) is 425 Å². The van der Waals surface area contributed by atoms with Gasteiger partial charge in [0.15, 0.2) is 0 Å². The molecule has 0 saturated heterocycles. The average Bonchev–Trinajstić information content (AvgIpc) is 1.61. The summed E-state index contributed by atoms with van der Waals surface area (Å²) in [5.74, 6) is 1.86. The van der Waals surface area contributed by atoms with Crippen LogP contribution in [0.3, 0.4) is 0 Å². The number of hydrogen-bond donors (Lipinski definition) is 8. The lowest BCUT2D eigenvalue weighted by atomic mass is 9.86. The number of aliphatic hydroxyl groups is 8. The third-order valence-electron chi connectivity index (χ3n) is 23.7. The number of alkyl halides is 3. The lowest BCUT2D eigenvalue weighted by molar-refractivity contribution is -0.170. The first-order valence-electron chi connectivity index (χ1n) is 42.1. The van der Waals surface area contributed by atoms with E-state index in [1.54, 1.807) is 92.8 Å². The quantitative estimate of drug-likeness (QED) is 0.0263. The van der Waals surface area contributed by atoms with E-state index in [9.17, 15) is 38.7 Å². The summed E-state index contributed by atoms with van der Waals surface area (Å²) < 4.78 is 60.4. The van der Waals surface area contributed by atoms with Gasteiger partial charge in [-0.05, 0) is 87.0 Å². The van der Waals surface area contributed by atoms with Crippen LogP contribution in [0.1, 0.15) is 141 Å². The monoisotopic (exact) mass is 1700 g/mol. The molecule has 0 bridgehead atoms. The number of aliphatic hydroxyl groups excluding tert-OH is 8.